The Balaban J connectivity index is 1.64. The van der Waals surface area contributed by atoms with E-state index in [4.69, 9.17) is 9.15 Å². The molecule has 172 valence electrons. The van der Waals surface area contributed by atoms with Crippen molar-refractivity contribution in [2.75, 3.05) is 4.90 Å². The number of aromatic amines is 1. The number of imidazole rings is 1. The van der Waals surface area contributed by atoms with E-state index in [9.17, 15) is 14.7 Å². The van der Waals surface area contributed by atoms with Gasteiger partial charge in [-0.1, -0.05) is 18.2 Å². The van der Waals surface area contributed by atoms with Gasteiger partial charge in [0.25, 0.3) is 5.91 Å². The van der Waals surface area contributed by atoms with Crippen LogP contribution in [0.5, 0.6) is 5.75 Å². The molecule has 2 aromatic carbocycles. The number of ketones is 1. The van der Waals surface area contributed by atoms with Crippen molar-refractivity contribution in [3.63, 3.8) is 0 Å². The number of aromatic nitrogens is 2. The topological polar surface area (TPSA) is 109 Å². The Hall–Kier alpha value is -4.33. The van der Waals surface area contributed by atoms with E-state index in [0.29, 0.717) is 16.8 Å². The smallest absolute Gasteiger partial charge is 0.296 e. The second-order valence-electron chi connectivity index (χ2n) is 8.46. The van der Waals surface area contributed by atoms with Gasteiger partial charge < -0.3 is 19.2 Å². The van der Waals surface area contributed by atoms with Crippen molar-refractivity contribution in [2.24, 2.45) is 0 Å². The molecule has 2 aromatic heterocycles. The van der Waals surface area contributed by atoms with Gasteiger partial charge in [0.1, 0.15) is 5.75 Å². The molecular formula is C26H23N3O5. The summed E-state index contributed by atoms with van der Waals surface area (Å²) in [5.74, 6) is -1.02. The number of hydrogen-bond acceptors (Lipinski definition) is 6. The number of Topliss-reactive ketones (excluding diaryl/α,β-unsaturated/α-hetero) is 1. The van der Waals surface area contributed by atoms with E-state index >= 15 is 0 Å². The van der Waals surface area contributed by atoms with E-state index in [1.54, 1.807) is 30.3 Å². The molecular weight excluding hydrogens is 434 g/mol. The average Bonchev–Trinajstić information content (AvgIpc) is 3.52. The third-order valence-corrected chi connectivity index (χ3v) is 5.62. The number of benzene rings is 2. The summed E-state index contributed by atoms with van der Waals surface area (Å²) in [4.78, 5) is 35.6. The summed E-state index contributed by atoms with van der Waals surface area (Å²) in [7, 11) is 0. The number of furan rings is 1. The molecule has 0 bridgehead atoms. The summed E-state index contributed by atoms with van der Waals surface area (Å²) < 4.78 is 11.0. The number of H-pyrrole nitrogens is 1. The Labute approximate surface area is 195 Å². The lowest BCUT2D eigenvalue weighted by Gasteiger charge is -2.24. The molecule has 3 heterocycles. The number of aliphatic hydroxyl groups excluding tert-OH is 1. The minimum atomic E-state index is -0.917. The molecule has 1 aliphatic heterocycles. The first kappa shape index (κ1) is 21.5. The lowest BCUT2D eigenvalue weighted by atomic mass is 9.95. The highest BCUT2D eigenvalue weighted by molar-refractivity contribution is 6.20. The standard InChI is InChI=1S/C26H23N3O5/c1-14(2)34-17-9-7-16(8-10-17)22-21(23(30)20-5-4-12-33-20)24(31)25(32)29(22)26-27-18-11-6-15(3)13-19(18)28-26/h4-14,22,31H,1-3H3,(H,27,28). The number of amides is 1. The Morgan fingerprint density at radius 1 is 1.18 bits per heavy atom. The minimum Gasteiger partial charge on any atom is -0.503 e. The lowest BCUT2D eigenvalue weighted by Crippen LogP contribution is -2.32. The van der Waals surface area contributed by atoms with Gasteiger partial charge in [-0.15, -0.1) is 0 Å². The predicted octanol–water partition coefficient (Wildman–Crippen LogP) is 5.03. The number of aryl methyl sites for hydroxylation is 1. The van der Waals surface area contributed by atoms with Crippen LogP contribution in [0.1, 0.15) is 41.6 Å². The van der Waals surface area contributed by atoms with Crippen LogP contribution < -0.4 is 9.64 Å². The number of nitrogens with one attached hydrogen (secondary N) is 1. The van der Waals surface area contributed by atoms with Crippen LogP contribution in [0, 0.1) is 6.92 Å². The number of hydrogen-bond donors (Lipinski definition) is 2. The number of ether oxygens (including phenoxy) is 1. The molecule has 5 rings (SSSR count). The van der Waals surface area contributed by atoms with Crippen molar-refractivity contribution in [2.45, 2.75) is 32.9 Å². The number of nitrogens with zero attached hydrogens (tertiary/aromatic N) is 2. The van der Waals surface area contributed by atoms with Gasteiger partial charge in [-0.25, -0.2) is 4.98 Å². The van der Waals surface area contributed by atoms with E-state index in [-0.39, 0.29) is 23.4 Å². The first-order valence-corrected chi connectivity index (χ1v) is 10.9. The SMILES string of the molecule is Cc1ccc2nc(N3C(=O)C(O)=C(C(=O)c4ccco4)C3c3ccc(OC(C)C)cc3)[nH]c2c1. The van der Waals surface area contributed by atoms with Crippen molar-refractivity contribution in [3.05, 3.63) is 89.1 Å². The van der Waals surface area contributed by atoms with E-state index in [1.165, 1.54) is 17.2 Å². The van der Waals surface area contributed by atoms with E-state index in [1.807, 2.05) is 39.0 Å². The van der Waals surface area contributed by atoms with Gasteiger partial charge in [0, 0.05) is 0 Å². The zero-order valence-corrected chi connectivity index (χ0v) is 18.9. The van der Waals surface area contributed by atoms with Crippen molar-refractivity contribution >= 4 is 28.7 Å². The normalized spacial score (nSPS) is 16.2. The summed E-state index contributed by atoms with van der Waals surface area (Å²) in [5.41, 5.74) is 2.97. The minimum absolute atomic E-state index is 0.00514. The molecule has 34 heavy (non-hydrogen) atoms. The predicted molar refractivity (Wildman–Crippen MR) is 126 cm³/mol. The van der Waals surface area contributed by atoms with Crippen LogP contribution in [-0.4, -0.2) is 32.9 Å². The highest BCUT2D eigenvalue weighted by atomic mass is 16.5. The van der Waals surface area contributed by atoms with Crippen LogP contribution in [0.2, 0.25) is 0 Å². The second kappa shape index (κ2) is 8.22. The number of carbonyl (C=O) groups is 2. The number of aliphatic hydroxyl groups is 1. The van der Waals surface area contributed by atoms with Gasteiger partial charge in [-0.3, -0.25) is 14.5 Å². The molecule has 4 aromatic rings. The zero-order valence-electron chi connectivity index (χ0n) is 18.9. The molecule has 1 atom stereocenters. The van der Waals surface area contributed by atoms with Gasteiger partial charge in [-0.2, -0.15) is 0 Å². The highest BCUT2D eigenvalue weighted by Crippen LogP contribution is 2.42. The van der Waals surface area contributed by atoms with Crippen LogP contribution in [-0.2, 0) is 4.79 Å². The van der Waals surface area contributed by atoms with E-state index < -0.39 is 23.5 Å². The first-order chi connectivity index (χ1) is 16.3. The molecule has 0 saturated carbocycles. The fourth-order valence-electron chi connectivity index (χ4n) is 4.14. The molecule has 1 unspecified atom stereocenters. The van der Waals surface area contributed by atoms with Crippen molar-refractivity contribution < 1.29 is 23.8 Å². The highest BCUT2D eigenvalue weighted by Gasteiger charge is 2.46. The summed E-state index contributed by atoms with van der Waals surface area (Å²) in [6.45, 7) is 5.81. The van der Waals surface area contributed by atoms with Crippen LogP contribution in [0.3, 0.4) is 0 Å². The molecule has 1 amide bonds. The quantitative estimate of drug-likeness (QED) is 0.393. The van der Waals surface area contributed by atoms with Gasteiger partial charge in [-0.05, 0) is 68.3 Å². The Morgan fingerprint density at radius 3 is 2.62 bits per heavy atom. The van der Waals surface area contributed by atoms with Crippen molar-refractivity contribution in [3.8, 4) is 5.75 Å². The molecule has 1 aliphatic rings. The second-order valence-corrected chi connectivity index (χ2v) is 8.46. The number of rotatable bonds is 6. The molecule has 8 heteroatoms. The largest absolute Gasteiger partial charge is 0.503 e. The summed E-state index contributed by atoms with van der Waals surface area (Å²) in [5, 5.41) is 10.8. The molecule has 0 fully saturated rings. The number of anilines is 1. The Kier molecular flexibility index (Phi) is 5.20. The molecule has 0 saturated heterocycles. The first-order valence-electron chi connectivity index (χ1n) is 10.9. The zero-order chi connectivity index (χ0) is 24.0. The van der Waals surface area contributed by atoms with E-state index in [2.05, 4.69) is 9.97 Å². The number of fused-ring (bicyclic) bond motifs is 1. The molecule has 0 radical (unpaired) electrons. The third kappa shape index (κ3) is 3.63. The van der Waals surface area contributed by atoms with E-state index in [0.717, 1.165) is 11.1 Å². The maximum absolute atomic E-state index is 13.3. The molecule has 0 spiro atoms. The summed E-state index contributed by atoms with van der Waals surface area (Å²) >= 11 is 0. The van der Waals surface area contributed by atoms with Crippen LogP contribution in [0.15, 0.2) is 76.6 Å². The molecule has 0 aliphatic carbocycles. The fraction of sp³-hybridized carbons (Fsp3) is 0.192. The van der Waals surface area contributed by atoms with Gasteiger partial charge in [0.15, 0.2) is 11.5 Å². The Morgan fingerprint density at radius 2 is 1.94 bits per heavy atom. The van der Waals surface area contributed by atoms with Crippen molar-refractivity contribution in [1.29, 1.82) is 0 Å². The Bertz CT molecular complexity index is 1410. The third-order valence-electron chi connectivity index (χ3n) is 5.62. The van der Waals surface area contributed by atoms with Crippen LogP contribution >= 0.6 is 0 Å². The molecule has 2 N–H and O–H groups in total. The lowest BCUT2D eigenvalue weighted by molar-refractivity contribution is -0.117. The fourth-order valence-corrected chi connectivity index (χ4v) is 4.14. The van der Waals surface area contributed by atoms with Gasteiger partial charge in [0.2, 0.25) is 11.7 Å². The van der Waals surface area contributed by atoms with Crippen LogP contribution in [0.4, 0.5) is 5.95 Å². The van der Waals surface area contributed by atoms with Crippen molar-refractivity contribution in [1.82, 2.24) is 9.97 Å². The monoisotopic (exact) mass is 457 g/mol. The summed E-state index contributed by atoms with van der Waals surface area (Å²) in [6, 6.07) is 14.9. The number of carbonyl (C=O) groups excluding carboxylic acids is 2. The summed E-state index contributed by atoms with van der Waals surface area (Å²) in [6.07, 6.45) is 1.36. The van der Waals surface area contributed by atoms with Gasteiger partial charge in [0.05, 0.1) is 35.0 Å². The maximum atomic E-state index is 13.3. The average molecular weight is 457 g/mol. The van der Waals surface area contributed by atoms with Crippen LogP contribution in [0.25, 0.3) is 11.0 Å². The van der Waals surface area contributed by atoms with Gasteiger partial charge >= 0.3 is 0 Å². The maximum Gasteiger partial charge on any atom is 0.296 e. The molecule has 8 nitrogen and oxygen atoms in total.